The summed E-state index contributed by atoms with van der Waals surface area (Å²) >= 11 is 0. The molecule has 8 heteroatoms. The molecule has 8 nitrogen and oxygen atoms in total. The van der Waals surface area contributed by atoms with Crippen molar-refractivity contribution in [2.45, 2.75) is 13.3 Å². The third-order valence-electron chi connectivity index (χ3n) is 4.91. The fourth-order valence-corrected chi connectivity index (χ4v) is 3.26. The number of ether oxygens (including phenoxy) is 1. The lowest BCUT2D eigenvalue weighted by Crippen LogP contribution is -2.47. The first-order chi connectivity index (χ1) is 12.8. The fourth-order valence-electron chi connectivity index (χ4n) is 3.26. The maximum Gasteiger partial charge on any atom is 0.227 e. The summed E-state index contributed by atoms with van der Waals surface area (Å²) in [7, 11) is 0. The summed E-state index contributed by atoms with van der Waals surface area (Å²) in [5, 5.41) is 0. The molecule has 0 aromatic carbocycles. The number of morpholine rings is 1. The van der Waals surface area contributed by atoms with Crippen LogP contribution < -0.4 is 14.7 Å². The van der Waals surface area contributed by atoms with Gasteiger partial charge >= 0.3 is 0 Å². The zero-order valence-electron chi connectivity index (χ0n) is 15.2. The monoisotopic (exact) mass is 355 g/mol. The van der Waals surface area contributed by atoms with Crippen LogP contribution in [0.25, 0.3) is 0 Å². The number of hydrogen-bond donors (Lipinski definition) is 0. The maximum absolute atomic E-state index is 5.42. The van der Waals surface area contributed by atoms with Gasteiger partial charge in [0.2, 0.25) is 11.9 Å². The summed E-state index contributed by atoms with van der Waals surface area (Å²) in [4.78, 5) is 25.0. The zero-order chi connectivity index (χ0) is 17.8. The van der Waals surface area contributed by atoms with E-state index in [0.29, 0.717) is 0 Å². The zero-order valence-corrected chi connectivity index (χ0v) is 15.2. The molecule has 0 radical (unpaired) electrons. The lowest BCUT2D eigenvalue weighted by atomic mass is 10.3. The summed E-state index contributed by atoms with van der Waals surface area (Å²) in [6, 6.07) is 1.98. The van der Waals surface area contributed by atoms with E-state index in [9.17, 15) is 0 Å². The van der Waals surface area contributed by atoms with Crippen LogP contribution in [0.4, 0.5) is 17.7 Å². The van der Waals surface area contributed by atoms with Crippen LogP contribution in [-0.2, 0) is 11.2 Å². The van der Waals surface area contributed by atoms with Crippen molar-refractivity contribution in [1.82, 2.24) is 19.9 Å². The molecule has 0 N–H and O–H groups in total. The molecule has 4 heterocycles. The average molecular weight is 355 g/mol. The Morgan fingerprint density at radius 2 is 1.50 bits per heavy atom. The van der Waals surface area contributed by atoms with Crippen molar-refractivity contribution in [3.8, 4) is 0 Å². The van der Waals surface area contributed by atoms with Gasteiger partial charge in [-0.05, 0) is 18.1 Å². The molecule has 2 fully saturated rings. The molecule has 0 unspecified atom stereocenters. The van der Waals surface area contributed by atoms with Gasteiger partial charge in [0.25, 0.3) is 0 Å². The molecule has 0 aliphatic carbocycles. The van der Waals surface area contributed by atoms with Crippen LogP contribution in [0.5, 0.6) is 0 Å². The predicted molar refractivity (Wildman–Crippen MR) is 101 cm³/mol. The van der Waals surface area contributed by atoms with Gasteiger partial charge < -0.3 is 19.4 Å². The van der Waals surface area contributed by atoms with Gasteiger partial charge in [-0.1, -0.05) is 6.92 Å². The van der Waals surface area contributed by atoms with Crippen molar-refractivity contribution >= 4 is 17.7 Å². The maximum atomic E-state index is 5.42. The number of piperazine rings is 1. The van der Waals surface area contributed by atoms with Crippen molar-refractivity contribution in [3.05, 3.63) is 30.2 Å². The van der Waals surface area contributed by atoms with Crippen molar-refractivity contribution in [2.75, 3.05) is 67.2 Å². The molecular weight excluding hydrogens is 330 g/mol. The third kappa shape index (κ3) is 3.70. The Hall–Kier alpha value is -2.48. The molecule has 2 aromatic rings. The quantitative estimate of drug-likeness (QED) is 0.804. The van der Waals surface area contributed by atoms with Gasteiger partial charge in [-0.15, -0.1) is 0 Å². The summed E-state index contributed by atoms with van der Waals surface area (Å²) in [5.74, 6) is 2.60. The average Bonchev–Trinajstić information content (AvgIpc) is 2.75. The van der Waals surface area contributed by atoms with Gasteiger partial charge in [0.15, 0.2) is 0 Å². The SMILES string of the molecule is CCc1cnc(N2CCN(c3nccc(N4CCOCC4)n3)CC2)nc1. The Labute approximate surface area is 153 Å². The minimum Gasteiger partial charge on any atom is -0.378 e. The number of nitrogens with zero attached hydrogens (tertiary/aromatic N) is 7. The van der Waals surface area contributed by atoms with Crippen LogP contribution in [0, 0.1) is 0 Å². The van der Waals surface area contributed by atoms with E-state index < -0.39 is 0 Å². The molecule has 2 aliphatic heterocycles. The van der Waals surface area contributed by atoms with Gasteiger partial charge in [-0.25, -0.2) is 15.0 Å². The first-order valence-corrected chi connectivity index (χ1v) is 9.30. The summed E-state index contributed by atoms with van der Waals surface area (Å²) < 4.78 is 5.42. The number of aryl methyl sites for hydroxylation is 1. The van der Waals surface area contributed by atoms with E-state index in [1.807, 2.05) is 24.7 Å². The molecule has 2 saturated heterocycles. The lowest BCUT2D eigenvalue weighted by molar-refractivity contribution is 0.122. The van der Waals surface area contributed by atoms with Crippen molar-refractivity contribution < 1.29 is 4.74 Å². The minimum atomic E-state index is 0.759. The first kappa shape index (κ1) is 17.0. The normalized spacial score (nSPS) is 18.3. The van der Waals surface area contributed by atoms with Crippen LogP contribution in [0.15, 0.2) is 24.7 Å². The molecule has 0 bridgehead atoms. The molecule has 2 aromatic heterocycles. The highest BCUT2D eigenvalue weighted by Gasteiger charge is 2.22. The molecule has 0 amide bonds. The predicted octanol–water partition coefficient (Wildman–Crippen LogP) is 0.992. The molecule has 4 rings (SSSR count). The van der Waals surface area contributed by atoms with E-state index in [1.165, 1.54) is 5.56 Å². The second-order valence-corrected chi connectivity index (χ2v) is 6.53. The number of anilines is 3. The van der Waals surface area contributed by atoms with E-state index in [0.717, 1.165) is 76.6 Å². The van der Waals surface area contributed by atoms with E-state index in [1.54, 1.807) is 0 Å². The fraction of sp³-hybridized carbons (Fsp3) is 0.556. The second-order valence-electron chi connectivity index (χ2n) is 6.53. The first-order valence-electron chi connectivity index (χ1n) is 9.30. The summed E-state index contributed by atoms with van der Waals surface area (Å²) in [5.41, 5.74) is 1.17. The van der Waals surface area contributed by atoms with Crippen molar-refractivity contribution in [2.24, 2.45) is 0 Å². The largest absolute Gasteiger partial charge is 0.378 e. The Morgan fingerprint density at radius 3 is 2.15 bits per heavy atom. The molecule has 2 aliphatic rings. The van der Waals surface area contributed by atoms with Gasteiger partial charge in [0.1, 0.15) is 5.82 Å². The van der Waals surface area contributed by atoms with Gasteiger partial charge in [0.05, 0.1) is 13.2 Å². The smallest absolute Gasteiger partial charge is 0.227 e. The third-order valence-corrected chi connectivity index (χ3v) is 4.91. The molecule has 0 saturated carbocycles. The standard InChI is InChI=1S/C18H25N7O/c1-2-15-13-20-17(21-14-15)24-5-7-25(8-6-24)18-19-4-3-16(22-18)23-9-11-26-12-10-23/h3-4,13-14H,2,5-12H2,1H3. The Morgan fingerprint density at radius 1 is 0.846 bits per heavy atom. The number of hydrogen-bond acceptors (Lipinski definition) is 8. The van der Waals surface area contributed by atoms with Crippen molar-refractivity contribution in [1.29, 1.82) is 0 Å². The lowest BCUT2D eigenvalue weighted by Gasteiger charge is -2.35. The molecule has 26 heavy (non-hydrogen) atoms. The minimum absolute atomic E-state index is 0.759. The summed E-state index contributed by atoms with van der Waals surface area (Å²) in [6.45, 7) is 8.88. The summed E-state index contributed by atoms with van der Waals surface area (Å²) in [6.07, 6.45) is 6.66. The van der Waals surface area contributed by atoms with Crippen molar-refractivity contribution in [3.63, 3.8) is 0 Å². The van der Waals surface area contributed by atoms with E-state index in [-0.39, 0.29) is 0 Å². The van der Waals surface area contributed by atoms with Crippen LogP contribution in [0.1, 0.15) is 12.5 Å². The van der Waals surface area contributed by atoms with E-state index in [2.05, 4.69) is 36.6 Å². The molecular formula is C18H25N7O. The topological polar surface area (TPSA) is 70.5 Å². The highest BCUT2D eigenvalue weighted by atomic mass is 16.5. The Kier molecular flexibility index (Phi) is 5.10. The van der Waals surface area contributed by atoms with Gasteiger partial charge in [-0.3, -0.25) is 0 Å². The Bertz CT molecular complexity index is 710. The van der Waals surface area contributed by atoms with Gasteiger partial charge in [0, 0.05) is 57.9 Å². The highest BCUT2D eigenvalue weighted by Crippen LogP contribution is 2.18. The van der Waals surface area contributed by atoms with Crippen LogP contribution in [0.3, 0.4) is 0 Å². The molecule has 0 atom stereocenters. The number of aromatic nitrogens is 4. The van der Waals surface area contributed by atoms with Crippen LogP contribution in [0.2, 0.25) is 0 Å². The molecule has 0 spiro atoms. The van der Waals surface area contributed by atoms with Crippen LogP contribution >= 0.6 is 0 Å². The van der Waals surface area contributed by atoms with Gasteiger partial charge in [-0.2, -0.15) is 4.98 Å². The molecule has 138 valence electrons. The van der Waals surface area contributed by atoms with Crippen LogP contribution in [-0.4, -0.2) is 72.4 Å². The Balaban J connectivity index is 1.39. The highest BCUT2D eigenvalue weighted by molar-refractivity contribution is 5.45. The van der Waals surface area contributed by atoms with E-state index in [4.69, 9.17) is 9.72 Å². The second kappa shape index (κ2) is 7.82. The van der Waals surface area contributed by atoms with E-state index >= 15 is 0 Å². The number of rotatable bonds is 4.